The fourth-order valence-corrected chi connectivity index (χ4v) is 3.03. The molecule has 1 aliphatic rings. The molecule has 2 N–H and O–H groups in total. The van der Waals surface area contributed by atoms with Crippen molar-refractivity contribution in [1.29, 1.82) is 0 Å². The minimum absolute atomic E-state index is 0.0399. The summed E-state index contributed by atoms with van der Waals surface area (Å²) in [4.78, 5) is 28.5. The summed E-state index contributed by atoms with van der Waals surface area (Å²) in [6.07, 6.45) is 3.28. The average Bonchev–Trinajstić information content (AvgIpc) is 2.73. The second kappa shape index (κ2) is 5.69. The zero-order chi connectivity index (χ0) is 14.9. The molecule has 1 fully saturated rings. The highest BCUT2D eigenvalue weighted by Gasteiger charge is 2.28. The van der Waals surface area contributed by atoms with Crippen molar-refractivity contribution in [2.24, 2.45) is 5.92 Å². The highest BCUT2D eigenvalue weighted by Crippen LogP contribution is 2.24. The van der Waals surface area contributed by atoms with Crippen LogP contribution in [0.1, 0.15) is 58.3 Å². The number of amides is 1. The normalized spacial score (nSPS) is 19.1. The molecule has 110 valence electrons. The van der Waals surface area contributed by atoms with E-state index >= 15 is 0 Å². The molecule has 2 rings (SSSR count). The van der Waals surface area contributed by atoms with Gasteiger partial charge in [-0.25, -0.2) is 4.79 Å². The van der Waals surface area contributed by atoms with E-state index in [0.717, 1.165) is 25.9 Å². The van der Waals surface area contributed by atoms with Gasteiger partial charge >= 0.3 is 5.97 Å². The molecule has 1 aliphatic heterocycles. The number of piperidine rings is 1. The molecule has 1 aromatic rings. The van der Waals surface area contributed by atoms with Crippen LogP contribution < -0.4 is 0 Å². The van der Waals surface area contributed by atoms with Crippen molar-refractivity contribution in [3.63, 3.8) is 0 Å². The monoisotopic (exact) mass is 278 g/mol. The molecule has 1 unspecified atom stereocenters. The number of aromatic nitrogens is 1. The second-order valence-corrected chi connectivity index (χ2v) is 5.60. The van der Waals surface area contributed by atoms with Crippen LogP contribution in [0.4, 0.5) is 0 Å². The predicted molar refractivity (Wildman–Crippen MR) is 76.1 cm³/mol. The number of carbonyl (C=O) groups excluding carboxylic acids is 1. The Balaban J connectivity index is 2.27. The maximum atomic E-state index is 12.7. The number of H-pyrrole nitrogens is 1. The molecule has 5 heteroatoms. The first kappa shape index (κ1) is 14.6. The SMILES string of the molecule is CCC1CCCN(C(=O)c2c(C)[nH]c(C(=O)O)c2C)C1. The van der Waals surface area contributed by atoms with Gasteiger partial charge in [-0.2, -0.15) is 0 Å². The number of rotatable bonds is 3. The number of hydrogen-bond acceptors (Lipinski definition) is 2. The molecule has 0 bridgehead atoms. The van der Waals surface area contributed by atoms with Crippen LogP contribution in [-0.2, 0) is 0 Å². The summed E-state index contributed by atoms with van der Waals surface area (Å²) in [7, 11) is 0. The Bertz CT molecular complexity index is 533. The molecule has 2 heterocycles. The molecule has 0 aromatic carbocycles. The van der Waals surface area contributed by atoms with Crippen molar-refractivity contribution < 1.29 is 14.7 Å². The number of nitrogens with zero attached hydrogens (tertiary/aromatic N) is 1. The molecule has 0 aliphatic carbocycles. The van der Waals surface area contributed by atoms with Gasteiger partial charge in [0.05, 0.1) is 5.56 Å². The minimum atomic E-state index is -1.02. The van der Waals surface area contributed by atoms with Crippen molar-refractivity contribution in [2.75, 3.05) is 13.1 Å². The minimum Gasteiger partial charge on any atom is -0.477 e. The Kier molecular flexibility index (Phi) is 4.16. The number of aryl methyl sites for hydroxylation is 1. The van der Waals surface area contributed by atoms with Gasteiger partial charge in [0.2, 0.25) is 0 Å². The Morgan fingerprint density at radius 3 is 2.65 bits per heavy atom. The van der Waals surface area contributed by atoms with E-state index in [1.54, 1.807) is 13.8 Å². The molecule has 1 atom stereocenters. The summed E-state index contributed by atoms with van der Waals surface area (Å²) in [5.41, 5.74) is 1.83. The smallest absolute Gasteiger partial charge is 0.352 e. The second-order valence-electron chi connectivity index (χ2n) is 5.60. The number of nitrogens with one attached hydrogen (secondary N) is 1. The van der Waals surface area contributed by atoms with Crippen molar-refractivity contribution in [1.82, 2.24) is 9.88 Å². The number of carboxylic acids is 1. The molecule has 20 heavy (non-hydrogen) atoms. The lowest BCUT2D eigenvalue weighted by Gasteiger charge is -2.32. The van der Waals surface area contributed by atoms with E-state index in [2.05, 4.69) is 11.9 Å². The third kappa shape index (κ3) is 2.57. The number of aromatic carboxylic acids is 1. The van der Waals surface area contributed by atoms with Crippen LogP contribution in [0.15, 0.2) is 0 Å². The summed E-state index contributed by atoms with van der Waals surface area (Å²) >= 11 is 0. The lowest BCUT2D eigenvalue weighted by Crippen LogP contribution is -2.40. The number of carbonyl (C=O) groups is 2. The van der Waals surface area contributed by atoms with E-state index in [1.165, 1.54) is 6.42 Å². The van der Waals surface area contributed by atoms with Crippen LogP contribution in [0.2, 0.25) is 0 Å². The van der Waals surface area contributed by atoms with Crippen molar-refractivity contribution in [3.8, 4) is 0 Å². The van der Waals surface area contributed by atoms with Gasteiger partial charge in [-0.15, -0.1) is 0 Å². The summed E-state index contributed by atoms with van der Waals surface area (Å²) in [6, 6.07) is 0. The van der Waals surface area contributed by atoms with Crippen molar-refractivity contribution in [3.05, 3.63) is 22.5 Å². The lowest BCUT2D eigenvalue weighted by atomic mass is 9.95. The third-order valence-electron chi connectivity index (χ3n) is 4.25. The largest absolute Gasteiger partial charge is 0.477 e. The van der Waals surface area contributed by atoms with E-state index in [1.807, 2.05) is 4.90 Å². The van der Waals surface area contributed by atoms with E-state index in [0.29, 0.717) is 22.7 Å². The van der Waals surface area contributed by atoms with E-state index in [-0.39, 0.29) is 11.6 Å². The zero-order valence-corrected chi connectivity index (χ0v) is 12.3. The van der Waals surface area contributed by atoms with Gasteiger partial charge in [0.25, 0.3) is 5.91 Å². The fraction of sp³-hybridized carbons (Fsp3) is 0.600. The number of hydrogen-bond donors (Lipinski definition) is 2. The van der Waals surface area contributed by atoms with Gasteiger partial charge < -0.3 is 15.0 Å². The van der Waals surface area contributed by atoms with E-state index in [4.69, 9.17) is 5.11 Å². The van der Waals surface area contributed by atoms with Gasteiger partial charge in [-0.05, 0) is 38.2 Å². The number of carboxylic acid groups (broad SMARTS) is 1. The van der Waals surface area contributed by atoms with E-state index < -0.39 is 5.97 Å². The van der Waals surface area contributed by atoms with Crippen LogP contribution in [-0.4, -0.2) is 40.0 Å². The molecule has 1 saturated heterocycles. The van der Waals surface area contributed by atoms with Gasteiger partial charge in [0.1, 0.15) is 5.69 Å². The first-order valence-corrected chi connectivity index (χ1v) is 7.17. The third-order valence-corrected chi connectivity index (χ3v) is 4.25. The summed E-state index contributed by atoms with van der Waals surface area (Å²) < 4.78 is 0. The quantitative estimate of drug-likeness (QED) is 0.892. The molecule has 5 nitrogen and oxygen atoms in total. The van der Waals surface area contributed by atoms with E-state index in [9.17, 15) is 9.59 Å². The molecular weight excluding hydrogens is 256 g/mol. The fourth-order valence-electron chi connectivity index (χ4n) is 3.03. The summed E-state index contributed by atoms with van der Waals surface area (Å²) in [6.45, 7) is 7.15. The molecule has 0 radical (unpaired) electrons. The lowest BCUT2D eigenvalue weighted by molar-refractivity contribution is 0.0669. The standard InChI is InChI=1S/C15H22N2O3/c1-4-11-6-5-7-17(8-11)14(18)12-9(2)13(15(19)20)16-10(12)3/h11,16H,4-8H2,1-3H3,(H,19,20). The topological polar surface area (TPSA) is 73.4 Å². The summed E-state index contributed by atoms with van der Waals surface area (Å²) in [5, 5.41) is 9.12. The van der Waals surface area contributed by atoms with Crippen molar-refractivity contribution >= 4 is 11.9 Å². The number of likely N-dealkylation sites (tertiary alicyclic amines) is 1. The maximum absolute atomic E-state index is 12.7. The molecule has 1 aromatic heterocycles. The molecular formula is C15H22N2O3. The van der Waals surface area contributed by atoms with Crippen LogP contribution in [0.3, 0.4) is 0 Å². The predicted octanol–water partition coefficient (Wildman–Crippen LogP) is 2.59. The number of aromatic amines is 1. The van der Waals surface area contributed by atoms with Crippen LogP contribution in [0, 0.1) is 19.8 Å². The molecule has 1 amide bonds. The van der Waals surface area contributed by atoms with Crippen LogP contribution in [0.25, 0.3) is 0 Å². The van der Waals surface area contributed by atoms with Crippen LogP contribution >= 0.6 is 0 Å². The Morgan fingerprint density at radius 1 is 1.40 bits per heavy atom. The van der Waals surface area contributed by atoms with Gasteiger partial charge in [0, 0.05) is 18.8 Å². The highest BCUT2D eigenvalue weighted by atomic mass is 16.4. The Labute approximate surface area is 119 Å². The van der Waals surface area contributed by atoms with Gasteiger partial charge in [-0.3, -0.25) is 4.79 Å². The Hall–Kier alpha value is -1.78. The molecule has 0 saturated carbocycles. The van der Waals surface area contributed by atoms with Crippen molar-refractivity contribution in [2.45, 2.75) is 40.0 Å². The van der Waals surface area contributed by atoms with Crippen LogP contribution in [0.5, 0.6) is 0 Å². The maximum Gasteiger partial charge on any atom is 0.352 e. The van der Waals surface area contributed by atoms with Gasteiger partial charge in [-0.1, -0.05) is 13.3 Å². The first-order chi connectivity index (χ1) is 9.45. The Morgan fingerprint density at radius 2 is 2.10 bits per heavy atom. The zero-order valence-electron chi connectivity index (χ0n) is 12.3. The first-order valence-electron chi connectivity index (χ1n) is 7.17. The van der Waals surface area contributed by atoms with Gasteiger partial charge in [0.15, 0.2) is 0 Å². The highest BCUT2D eigenvalue weighted by molar-refractivity contribution is 6.00. The molecule has 0 spiro atoms. The average molecular weight is 278 g/mol. The summed E-state index contributed by atoms with van der Waals surface area (Å²) in [5.74, 6) is -0.497.